The van der Waals surface area contributed by atoms with Crippen molar-refractivity contribution >= 4 is 0 Å². The van der Waals surface area contributed by atoms with Crippen molar-refractivity contribution in [2.24, 2.45) is 0 Å². The molecule has 4 rings (SSSR count). The number of hydrogen-bond donors (Lipinski definition) is 1. The lowest BCUT2D eigenvalue weighted by molar-refractivity contribution is -0.0931. The van der Waals surface area contributed by atoms with Gasteiger partial charge in [0.15, 0.2) is 0 Å². The highest BCUT2D eigenvalue weighted by Gasteiger charge is 2.41. The maximum absolute atomic E-state index is 6.64. The Hall–Kier alpha value is -0.120. The number of nitrogens with zero attached hydrogens (tertiary/aromatic N) is 1. The molecule has 1 aliphatic heterocycles. The SMILES string of the molecule is C1CCC(O[C@@H]2CCCC[C@@H]2N2CCN[C@@H]3CCCC[C@H]32)C1. The molecule has 0 aromatic carbocycles. The Bertz CT molecular complexity index is 353. The summed E-state index contributed by atoms with van der Waals surface area (Å²) in [5.41, 5.74) is 0. The minimum atomic E-state index is 0.525. The Labute approximate surface area is 136 Å². The highest BCUT2D eigenvalue weighted by molar-refractivity contribution is 4.97. The predicted molar refractivity (Wildman–Crippen MR) is 90.1 cm³/mol. The Kier molecular flexibility index (Phi) is 5.04. The van der Waals surface area contributed by atoms with Crippen molar-refractivity contribution < 1.29 is 4.74 Å². The van der Waals surface area contributed by atoms with Crippen LogP contribution in [0.4, 0.5) is 0 Å². The number of ether oxygens (including phenoxy) is 1. The molecule has 4 aliphatic rings. The molecular formula is C19H34N2O. The smallest absolute Gasteiger partial charge is 0.0734 e. The summed E-state index contributed by atoms with van der Waals surface area (Å²) < 4.78 is 6.64. The first-order valence-electron chi connectivity index (χ1n) is 10.1. The van der Waals surface area contributed by atoms with E-state index in [0.29, 0.717) is 18.2 Å². The van der Waals surface area contributed by atoms with Gasteiger partial charge in [0.25, 0.3) is 0 Å². The Morgan fingerprint density at radius 3 is 2.27 bits per heavy atom. The zero-order valence-corrected chi connectivity index (χ0v) is 14.1. The van der Waals surface area contributed by atoms with Gasteiger partial charge in [0.05, 0.1) is 12.2 Å². The second-order valence-corrected chi connectivity index (χ2v) is 8.08. The molecule has 22 heavy (non-hydrogen) atoms. The lowest BCUT2D eigenvalue weighted by atomic mass is 9.83. The quantitative estimate of drug-likeness (QED) is 0.864. The third-order valence-electron chi connectivity index (χ3n) is 6.70. The van der Waals surface area contributed by atoms with Crippen LogP contribution in [-0.4, -0.2) is 48.3 Å². The normalized spacial score (nSPS) is 41.5. The molecule has 0 unspecified atom stereocenters. The van der Waals surface area contributed by atoms with Crippen molar-refractivity contribution in [3.8, 4) is 0 Å². The number of piperazine rings is 1. The molecule has 0 bridgehead atoms. The van der Waals surface area contributed by atoms with E-state index in [1.54, 1.807) is 0 Å². The van der Waals surface area contributed by atoms with Crippen LogP contribution in [0.2, 0.25) is 0 Å². The van der Waals surface area contributed by atoms with Crippen LogP contribution in [0.25, 0.3) is 0 Å². The van der Waals surface area contributed by atoms with Gasteiger partial charge < -0.3 is 10.1 Å². The molecule has 126 valence electrons. The summed E-state index contributed by atoms with van der Waals surface area (Å²) in [6, 6.07) is 2.26. The molecule has 3 saturated carbocycles. The van der Waals surface area contributed by atoms with Crippen molar-refractivity contribution in [2.45, 2.75) is 107 Å². The van der Waals surface area contributed by atoms with Crippen LogP contribution in [-0.2, 0) is 4.74 Å². The number of nitrogens with one attached hydrogen (secondary N) is 1. The first kappa shape index (κ1) is 15.4. The average molecular weight is 306 g/mol. The van der Waals surface area contributed by atoms with Gasteiger partial charge in [-0.15, -0.1) is 0 Å². The van der Waals surface area contributed by atoms with Crippen LogP contribution in [0.15, 0.2) is 0 Å². The first-order valence-corrected chi connectivity index (χ1v) is 10.1. The van der Waals surface area contributed by atoms with E-state index >= 15 is 0 Å². The summed E-state index contributed by atoms with van der Waals surface area (Å²) in [5.74, 6) is 0. The number of hydrogen-bond acceptors (Lipinski definition) is 3. The fourth-order valence-electron chi connectivity index (χ4n) is 5.59. The van der Waals surface area contributed by atoms with Crippen molar-refractivity contribution in [3.63, 3.8) is 0 Å². The van der Waals surface area contributed by atoms with Crippen molar-refractivity contribution in [3.05, 3.63) is 0 Å². The molecule has 0 amide bonds. The topological polar surface area (TPSA) is 24.5 Å². The van der Waals surface area contributed by atoms with Gasteiger partial charge >= 0.3 is 0 Å². The molecular weight excluding hydrogens is 272 g/mol. The van der Waals surface area contributed by atoms with Crippen LogP contribution in [0.1, 0.15) is 77.0 Å². The van der Waals surface area contributed by atoms with Gasteiger partial charge in [-0.05, 0) is 38.5 Å². The molecule has 3 nitrogen and oxygen atoms in total. The Balaban J connectivity index is 1.45. The molecule has 4 atom stereocenters. The van der Waals surface area contributed by atoms with Crippen LogP contribution >= 0.6 is 0 Å². The van der Waals surface area contributed by atoms with E-state index in [2.05, 4.69) is 10.2 Å². The largest absolute Gasteiger partial charge is 0.373 e. The fraction of sp³-hybridized carbons (Fsp3) is 1.00. The summed E-state index contributed by atoms with van der Waals surface area (Å²) in [6.45, 7) is 2.43. The van der Waals surface area contributed by atoms with Crippen molar-refractivity contribution in [1.82, 2.24) is 10.2 Å². The molecule has 0 radical (unpaired) electrons. The molecule has 1 heterocycles. The summed E-state index contributed by atoms with van der Waals surface area (Å²) in [5, 5.41) is 3.80. The van der Waals surface area contributed by atoms with Gasteiger partial charge in [-0.2, -0.15) is 0 Å². The van der Waals surface area contributed by atoms with Crippen molar-refractivity contribution in [1.29, 1.82) is 0 Å². The Morgan fingerprint density at radius 1 is 0.727 bits per heavy atom. The second kappa shape index (κ2) is 7.19. The Morgan fingerprint density at radius 2 is 1.41 bits per heavy atom. The third-order valence-corrected chi connectivity index (χ3v) is 6.70. The number of fused-ring (bicyclic) bond motifs is 1. The summed E-state index contributed by atoms with van der Waals surface area (Å²) in [4.78, 5) is 2.89. The van der Waals surface area contributed by atoms with E-state index in [-0.39, 0.29) is 0 Å². The maximum atomic E-state index is 6.64. The molecule has 0 aromatic rings. The molecule has 3 heteroatoms. The van der Waals surface area contributed by atoms with Gasteiger partial charge in [-0.1, -0.05) is 38.5 Å². The van der Waals surface area contributed by atoms with Gasteiger partial charge in [0, 0.05) is 31.2 Å². The van der Waals surface area contributed by atoms with Crippen LogP contribution in [0, 0.1) is 0 Å². The highest BCUT2D eigenvalue weighted by atomic mass is 16.5. The zero-order valence-electron chi connectivity index (χ0n) is 14.1. The lowest BCUT2D eigenvalue weighted by Crippen LogP contribution is -2.64. The van der Waals surface area contributed by atoms with Crippen molar-refractivity contribution in [2.75, 3.05) is 13.1 Å². The van der Waals surface area contributed by atoms with E-state index in [1.165, 1.54) is 90.1 Å². The minimum absolute atomic E-state index is 0.525. The van der Waals surface area contributed by atoms with Gasteiger partial charge in [0.1, 0.15) is 0 Å². The van der Waals surface area contributed by atoms with E-state index < -0.39 is 0 Å². The molecule has 1 N–H and O–H groups in total. The maximum Gasteiger partial charge on any atom is 0.0734 e. The lowest BCUT2D eigenvalue weighted by Gasteiger charge is -2.51. The number of rotatable bonds is 3. The third kappa shape index (κ3) is 3.22. The van der Waals surface area contributed by atoms with E-state index in [0.717, 1.165) is 12.1 Å². The van der Waals surface area contributed by atoms with E-state index in [4.69, 9.17) is 4.74 Å². The molecule has 0 spiro atoms. The summed E-state index contributed by atoms with van der Waals surface area (Å²) >= 11 is 0. The van der Waals surface area contributed by atoms with E-state index in [9.17, 15) is 0 Å². The first-order chi connectivity index (χ1) is 10.9. The van der Waals surface area contributed by atoms with Gasteiger partial charge in [-0.3, -0.25) is 4.90 Å². The zero-order chi connectivity index (χ0) is 14.8. The van der Waals surface area contributed by atoms with Crippen LogP contribution < -0.4 is 5.32 Å². The molecule has 3 aliphatic carbocycles. The van der Waals surface area contributed by atoms with E-state index in [1.807, 2.05) is 0 Å². The van der Waals surface area contributed by atoms with Gasteiger partial charge in [-0.25, -0.2) is 0 Å². The average Bonchev–Trinajstić information content (AvgIpc) is 3.08. The minimum Gasteiger partial charge on any atom is -0.373 e. The second-order valence-electron chi connectivity index (χ2n) is 8.08. The molecule has 0 aromatic heterocycles. The molecule has 1 saturated heterocycles. The monoisotopic (exact) mass is 306 g/mol. The highest BCUT2D eigenvalue weighted by Crippen LogP contribution is 2.35. The fourth-order valence-corrected chi connectivity index (χ4v) is 5.59. The standard InChI is InChI=1S/C19H34N2O/c1-2-8-15(7-1)22-19-12-6-5-11-18(19)21-14-13-20-16-9-3-4-10-17(16)21/h15-20H,1-14H2/t16-,17-,18+,19-/m1/s1. The summed E-state index contributed by atoms with van der Waals surface area (Å²) in [6.07, 6.45) is 17.6. The summed E-state index contributed by atoms with van der Waals surface area (Å²) in [7, 11) is 0. The van der Waals surface area contributed by atoms with Crippen LogP contribution in [0.5, 0.6) is 0 Å². The predicted octanol–water partition coefficient (Wildman–Crippen LogP) is 3.47. The van der Waals surface area contributed by atoms with Crippen LogP contribution in [0.3, 0.4) is 0 Å². The van der Waals surface area contributed by atoms with Gasteiger partial charge in [0.2, 0.25) is 0 Å². The molecule has 4 fully saturated rings.